The summed E-state index contributed by atoms with van der Waals surface area (Å²) in [5, 5.41) is 14.3. The molecule has 0 radical (unpaired) electrons. The van der Waals surface area contributed by atoms with Crippen LogP contribution in [0, 0.1) is 10.1 Å². The van der Waals surface area contributed by atoms with Gasteiger partial charge in [-0.3, -0.25) is 10.1 Å². The van der Waals surface area contributed by atoms with Crippen LogP contribution in [0.25, 0.3) is 0 Å². The predicted octanol–water partition coefficient (Wildman–Crippen LogP) is 3.26. The number of aromatic nitrogens is 2. The average Bonchev–Trinajstić information content (AvgIpc) is 3.30. The number of nitro groups is 1. The fourth-order valence-corrected chi connectivity index (χ4v) is 2.16. The fraction of sp³-hybridized carbons (Fsp3) is 0.714. The zero-order valence-electron chi connectivity index (χ0n) is 12.6. The van der Waals surface area contributed by atoms with Gasteiger partial charge in [-0.2, -0.15) is 4.98 Å². The van der Waals surface area contributed by atoms with E-state index in [9.17, 15) is 10.1 Å². The van der Waals surface area contributed by atoms with Gasteiger partial charge in [0.05, 0.1) is 12.0 Å². The van der Waals surface area contributed by atoms with Gasteiger partial charge in [0.25, 0.3) is 5.88 Å². The molecule has 0 atom stereocenters. The normalized spacial score (nSPS) is 14.0. The van der Waals surface area contributed by atoms with Crippen LogP contribution in [0.2, 0.25) is 0 Å². The maximum absolute atomic E-state index is 11.2. The quantitative estimate of drug-likeness (QED) is 0.427. The fourth-order valence-electron chi connectivity index (χ4n) is 2.16. The Hall–Kier alpha value is -1.92. The smallest absolute Gasteiger partial charge is 0.372 e. The predicted molar refractivity (Wildman–Crippen MR) is 79.8 cm³/mol. The van der Waals surface area contributed by atoms with E-state index in [4.69, 9.17) is 4.74 Å². The van der Waals surface area contributed by atoms with Crippen molar-refractivity contribution in [1.82, 2.24) is 9.97 Å². The van der Waals surface area contributed by atoms with Crippen molar-refractivity contribution in [1.29, 1.82) is 0 Å². The molecule has 1 saturated carbocycles. The van der Waals surface area contributed by atoms with E-state index in [0.29, 0.717) is 18.3 Å². The van der Waals surface area contributed by atoms with Crippen LogP contribution >= 0.6 is 0 Å². The summed E-state index contributed by atoms with van der Waals surface area (Å²) >= 11 is 0. The number of ether oxygens (including phenoxy) is 1. The summed E-state index contributed by atoms with van der Waals surface area (Å²) in [6.07, 6.45) is 6.48. The van der Waals surface area contributed by atoms with Crippen LogP contribution in [0.15, 0.2) is 0 Å². The van der Waals surface area contributed by atoms with Crippen LogP contribution in [0.1, 0.15) is 57.2 Å². The second-order valence-electron chi connectivity index (χ2n) is 5.31. The summed E-state index contributed by atoms with van der Waals surface area (Å²) in [5.74, 6) is 1.30. The molecule has 1 aliphatic carbocycles. The Morgan fingerprint density at radius 3 is 2.67 bits per heavy atom. The number of hydrogen-bond donors (Lipinski definition) is 1. The molecular formula is C14H22N4O3. The molecule has 0 aromatic carbocycles. The number of methoxy groups -OCH3 is 1. The highest BCUT2D eigenvalue weighted by Gasteiger charge is 2.32. The van der Waals surface area contributed by atoms with Gasteiger partial charge in [-0.25, -0.2) is 4.98 Å². The second kappa shape index (κ2) is 7.19. The largest absolute Gasteiger partial charge is 0.476 e. The molecule has 21 heavy (non-hydrogen) atoms. The Kier molecular flexibility index (Phi) is 5.30. The Labute approximate surface area is 124 Å². The lowest BCUT2D eigenvalue weighted by atomic mass is 10.2. The maximum atomic E-state index is 11.2. The van der Waals surface area contributed by atoms with E-state index in [1.807, 2.05) is 0 Å². The van der Waals surface area contributed by atoms with Crippen LogP contribution < -0.4 is 10.1 Å². The molecular weight excluding hydrogens is 272 g/mol. The summed E-state index contributed by atoms with van der Waals surface area (Å²) in [6.45, 7) is 2.82. The molecule has 1 fully saturated rings. The molecule has 1 aliphatic rings. The Bertz CT molecular complexity index is 503. The highest BCUT2D eigenvalue weighted by molar-refractivity contribution is 5.62. The number of nitrogens with zero attached hydrogens (tertiary/aromatic N) is 3. The van der Waals surface area contributed by atoms with Gasteiger partial charge in [-0.1, -0.05) is 26.2 Å². The molecule has 2 rings (SSSR count). The number of unbranched alkanes of at least 4 members (excludes halogenated alkanes) is 3. The van der Waals surface area contributed by atoms with Gasteiger partial charge >= 0.3 is 5.69 Å². The van der Waals surface area contributed by atoms with Crippen molar-refractivity contribution in [3.8, 4) is 5.88 Å². The van der Waals surface area contributed by atoms with Gasteiger partial charge in [0.15, 0.2) is 0 Å². The topological polar surface area (TPSA) is 90.2 Å². The van der Waals surface area contributed by atoms with Crippen molar-refractivity contribution < 1.29 is 9.66 Å². The van der Waals surface area contributed by atoms with E-state index >= 15 is 0 Å². The lowest BCUT2D eigenvalue weighted by molar-refractivity contribution is -0.385. The first-order valence-electron chi connectivity index (χ1n) is 7.51. The minimum atomic E-state index is -0.482. The Balaban J connectivity index is 2.15. The third-order valence-corrected chi connectivity index (χ3v) is 3.51. The molecule has 7 heteroatoms. The molecule has 1 N–H and O–H groups in total. The van der Waals surface area contributed by atoms with Gasteiger partial charge in [0, 0.05) is 12.5 Å². The minimum Gasteiger partial charge on any atom is -0.476 e. The SMILES string of the molecule is CCCCCCNc1nc(C2CC2)nc(OC)c1[N+](=O)[O-]. The molecule has 0 unspecified atom stereocenters. The molecule has 1 heterocycles. The van der Waals surface area contributed by atoms with Gasteiger partial charge in [-0.05, 0) is 19.3 Å². The van der Waals surface area contributed by atoms with E-state index in [0.717, 1.165) is 32.1 Å². The molecule has 0 amide bonds. The van der Waals surface area contributed by atoms with Crippen molar-refractivity contribution >= 4 is 11.5 Å². The number of anilines is 1. The molecule has 7 nitrogen and oxygen atoms in total. The van der Waals surface area contributed by atoms with Crippen LogP contribution in [-0.2, 0) is 0 Å². The van der Waals surface area contributed by atoms with E-state index < -0.39 is 4.92 Å². The standard InChI is InChI=1S/C14H22N4O3/c1-3-4-5-6-9-15-13-11(18(19)20)14(21-2)17-12(16-13)10-7-8-10/h10H,3-9H2,1-2H3,(H,15,16,17). The van der Waals surface area contributed by atoms with Crippen LogP contribution in [0.5, 0.6) is 5.88 Å². The number of rotatable bonds is 9. The molecule has 0 saturated heterocycles. The van der Waals surface area contributed by atoms with Crippen molar-refractivity contribution in [2.24, 2.45) is 0 Å². The Morgan fingerprint density at radius 2 is 2.10 bits per heavy atom. The van der Waals surface area contributed by atoms with Crippen molar-refractivity contribution in [3.63, 3.8) is 0 Å². The van der Waals surface area contributed by atoms with Crippen molar-refractivity contribution in [3.05, 3.63) is 15.9 Å². The van der Waals surface area contributed by atoms with Crippen molar-refractivity contribution in [2.75, 3.05) is 19.0 Å². The zero-order chi connectivity index (χ0) is 15.2. The highest BCUT2D eigenvalue weighted by Crippen LogP contribution is 2.41. The number of nitrogens with one attached hydrogen (secondary N) is 1. The first-order chi connectivity index (χ1) is 10.2. The third kappa shape index (κ3) is 4.03. The van der Waals surface area contributed by atoms with Gasteiger partial charge in [-0.15, -0.1) is 0 Å². The molecule has 1 aromatic heterocycles. The van der Waals surface area contributed by atoms with E-state index in [1.54, 1.807) is 0 Å². The van der Waals surface area contributed by atoms with Crippen LogP contribution in [0.3, 0.4) is 0 Å². The monoisotopic (exact) mass is 294 g/mol. The first-order valence-corrected chi connectivity index (χ1v) is 7.51. The molecule has 0 bridgehead atoms. The zero-order valence-corrected chi connectivity index (χ0v) is 12.6. The third-order valence-electron chi connectivity index (χ3n) is 3.51. The molecule has 1 aromatic rings. The molecule has 0 aliphatic heterocycles. The summed E-state index contributed by atoms with van der Waals surface area (Å²) in [4.78, 5) is 19.3. The van der Waals surface area contributed by atoms with E-state index in [2.05, 4.69) is 22.2 Å². The number of hydrogen-bond acceptors (Lipinski definition) is 6. The lowest BCUT2D eigenvalue weighted by Gasteiger charge is -2.10. The summed E-state index contributed by atoms with van der Waals surface area (Å²) in [5.41, 5.74) is -0.169. The van der Waals surface area contributed by atoms with Gasteiger partial charge in [0.2, 0.25) is 5.82 Å². The summed E-state index contributed by atoms with van der Waals surface area (Å²) in [6, 6.07) is 0. The van der Waals surface area contributed by atoms with Crippen LogP contribution in [-0.4, -0.2) is 28.5 Å². The second-order valence-corrected chi connectivity index (χ2v) is 5.31. The van der Waals surface area contributed by atoms with Crippen LogP contribution in [0.4, 0.5) is 11.5 Å². The Morgan fingerprint density at radius 1 is 1.33 bits per heavy atom. The summed E-state index contributed by atoms with van der Waals surface area (Å²) < 4.78 is 5.08. The maximum Gasteiger partial charge on any atom is 0.372 e. The molecule has 116 valence electrons. The highest BCUT2D eigenvalue weighted by atomic mass is 16.6. The van der Waals surface area contributed by atoms with E-state index in [-0.39, 0.29) is 17.4 Å². The first kappa shape index (κ1) is 15.5. The summed E-state index contributed by atoms with van der Waals surface area (Å²) in [7, 11) is 1.40. The average molecular weight is 294 g/mol. The minimum absolute atomic E-state index is 0.0490. The van der Waals surface area contributed by atoms with E-state index in [1.165, 1.54) is 13.5 Å². The van der Waals surface area contributed by atoms with Gasteiger partial charge in [0.1, 0.15) is 5.82 Å². The lowest BCUT2D eigenvalue weighted by Crippen LogP contribution is -2.10. The van der Waals surface area contributed by atoms with Crippen molar-refractivity contribution in [2.45, 2.75) is 51.4 Å². The molecule has 0 spiro atoms. The van der Waals surface area contributed by atoms with Gasteiger partial charge < -0.3 is 10.1 Å².